The summed E-state index contributed by atoms with van der Waals surface area (Å²) < 4.78 is 5.86. The average molecular weight is 372 g/mol. The molecule has 3 atom stereocenters. The van der Waals surface area contributed by atoms with Gasteiger partial charge in [-0.15, -0.1) is 0 Å². The molecule has 148 valence electrons. The Hall–Kier alpha value is -1.39. The highest BCUT2D eigenvalue weighted by atomic mass is 16.5. The lowest BCUT2D eigenvalue weighted by atomic mass is 9.73. The van der Waals surface area contributed by atoms with Crippen LogP contribution in [0.5, 0.6) is 0 Å². The van der Waals surface area contributed by atoms with Gasteiger partial charge in [-0.05, 0) is 50.1 Å². The van der Waals surface area contributed by atoms with Gasteiger partial charge in [0, 0.05) is 24.9 Å². The maximum atomic E-state index is 13.2. The van der Waals surface area contributed by atoms with Crippen molar-refractivity contribution in [3.63, 3.8) is 0 Å². The van der Waals surface area contributed by atoms with E-state index < -0.39 is 11.6 Å². The lowest BCUT2D eigenvalue weighted by molar-refractivity contribution is -0.178. The summed E-state index contributed by atoms with van der Waals surface area (Å²) in [5.74, 6) is 1.23. The van der Waals surface area contributed by atoms with Crippen molar-refractivity contribution in [3.05, 3.63) is 35.9 Å². The molecule has 2 bridgehead atoms. The molecule has 3 aliphatic rings. The molecule has 0 radical (unpaired) electrons. The molecule has 0 spiro atoms. The molecular weight excluding hydrogens is 338 g/mol. The van der Waals surface area contributed by atoms with E-state index in [2.05, 4.69) is 11.9 Å². The summed E-state index contributed by atoms with van der Waals surface area (Å²) in [7, 11) is 2.19. The van der Waals surface area contributed by atoms with E-state index in [9.17, 15) is 9.90 Å². The first-order chi connectivity index (χ1) is 13.1. The lowest BCUT2D eigenvalue weighted by Crippen LogP contribution is -2.47. The molecule has 1 saturated heterocycles. The van der Waals surface area contributed by atoms with E-state index in [1.807, 2.05) is 30.3 Å². The van der Waals surface area contributed by atoms with E-state index in [1.54, 1.807) is 0 Å². The summed E-state index contributed by atoms with van der Waals surface area (Å²) in [6, 6.07) is 9.46. The third-order valence-corrected chi connectivity index (χ3v) is 7.34. The SMILES string of the molecule is CN1CC2CCC(C1)C2COC(=O)C(O)(c1ccccc1)C1CCCCC1. The van der Waals surface area contributed by atoms with Gasteiger partial charge >= 0.3 is 5.97 Å². The molecule has 4 rings (SSSR count). The molecule has 1 N–H and O–H groups in total. The number of piperidine rings is 1. The van der Waals surface area contributed by atoms with Gasteiger partial charge in [0.1, 0.15) is 0 Å². The van der Waals surface area contributed by atoms with Gasteiger partial charge in [0.15, 0.2) is 5.60 Å². The van der Waals surface area contributed by atoms with Crippen LogP contribution >= 0.6 is 0 Å². The first kappa shape index (κ1) is 18.9. The summed E-state index contributed by atoms with van der Waals surface area (Å²) in [5, 5.41) is 11.6. The first-order valence-corrected chi connectivity index (χ1v) is 10.7. The largest absolute Gasteiger partial charge is 0.463 e. The first-order valence-electron chi connectivity index (χ1n) is 10.7. The number of nitrogens with zero attached hydrogens (tertiary/aromatic N) is 1. The summed E-state index contributed by atoms with van der Waals surface area (Å²) in [6.07, 6.45) is 7.60. The Bertz CT molecular complexity index is 628. The summed E-state index contributed by atoms with van der Waals surface area (Å²) in [6.45, 7) is 2.67. The number of aliphatic hydroxyl groups is 1. The van der Waals surface area contributed by atoms with Crippen molar-refractivity contribution in [2.24, 2.45) is 23.7 Å². The zero-order valence-electron chi connectivity index (χ0n) is 16.5. The Balaban J connectivity index is 1.49. The van der Waals surface area contributed by atoms with Crippen molar-refractivity contribution in [2.75, 3.05) is 26.7 Å². The number of likely N-dealkylation sites (tertiary alicyclic amines) is 1. The van der Waals surface area contributed by atoms with Crippen molar-refractivity contribution >= 4 is 5.97 Å². The van der Waals surface area contributed by atoms with Crippen LogP contribution in [0.25, 0.3) is 0 Å². The fraction of sp³-hybridized carbons (Fsp3) is 0.696. The van der Waals surface area contributed by atoms with Crippen LogP contribution in [0.3, 0.4) is 0 Å². The highest BCUT2D eigenvalue weighted by Crippen LogP contribution is 2.43. The van der Waals surface area contributed by atoms with Gasteiger partial charge in [-0.2, -0.15) is 0 Å². The number of benzene rings is 1. The van der Waals surface area contributed by atoms with Gasteiger partial charge in [0.25, 0.3) is 0 Å². The fourth-order valence-corrected chi connectivity index (χ4v) is 5.86. The van der Waals surface area contributed by atoms with Crippen molar-refractivity contribution in [1.29, 1.82) is 0 Å². The minimum absolute atomic E-state index is 0.0460. The van der Waals surface area contributed by atoms with Gasteiger partial charge in [-0.1, -0.05) is 49.6 Å². The summed E-state index contributed by atoms with van der Waals surface area (Å²) in [4.78, 5) is 15.6. The Morgan fingerprint density at radius 3 is 2.33 bits per heavy atom. The van der Waals surface area contributed by atoms with Gasteiger partial charge in [0.05, 0.1) is 6.61 Å². The van der Waals surface area contributed by atoms with Crippen LogP contribution in [0.4, 0.5) is 0 Å². The van der Waals surface area contributed by atoms with Crippen molar-refractivity contribution < 1.29 is 14.6 Å². The van der Waals surface area contributed by atoms with Crippen molar-refractivity contribution in [1.82, 2.24) is 4.90 Å². The van der Waals surface area contributed by atoms with E-state index >= 15 is 0 Å². The molecule has 4 nitrogen and oxygen atoms in total. The van der Waals surface area contributed by atoms with Crippen LogP contribution in [0.2, 0.25) is 0 Å². The van der Waals surface area contributed by atoms with E-state index in [4.69, 9.17) is 4.74 Å². The highest BCUT2D eigenvalue weighted by molar-refractivity contribution is 5.81. The van der Waals surface area contributed by atoms with E-state index in [0.717, 1.165) is 38.8 Å². The predicted molar refractivity (Wildman–Crippen MR) is 105 cm³/mol. The van der Waals surface area contributed by atoms with Gasteiger partial charge in [-0.3, -0.25) is 0 Å². The molecular formula is C23H33NO3. The normalized spacial score (nSPS) is 31.4. The van der Waals surface area contributed by atoms with Crippen LogP contribution in [0, 0.1) is 23.7 Å². The molecule has 1 aromatic rings. The van der Waals surface area contributed by atoms with Crippen molar-refractivity contribution in [3.8, 4) is 0 Å². The monoisotopic (exact) mass is 371 g/mol. The molecule has 1 aromatic carbocycles. The van der Waals surface area contributed by atoms with E-state index in [-0.39, 0.29) is 5.92 Å². The number of hydrogen-bond acceptors (Lipinski definition) is 4. The second kappa shape index (κ2) is 7.92. The molecule has 0 amide bonds. The number of hydrogen-bond donors (Lipinski definition) is 1. The Morgan fingerprint density at radius 2 is 1.70 bits per heavy atom. The number of carbonyl (C=O) groups excluding carboxylic acids is 1. The zero-order valence-corrected chi connectivity index (χ0v) is 16.5. The van der Waals surface area contributed by atoms with E-state index in [0.29, 0.717) is 29.9 Å². The van der Waals surface area contributed by atoms with Crippen LogP contribution < -0.4 is 0 Å². The second-order valence-corrected chi connectivity index (χ2v) is 9.05. The minimum atomic E-state index is -1.51. The number of rotatable bonds is 5. The quantitative estimate of drug-likeness (QED) is 0.804. The smallest absolute Gasteiger partial charge is 0.343 e. The van der Waals surface area contributed by atoms with Gasteiger partial charge in [-0.25, -0.2) is 4.79 Å². The molecule has 0 aromatic heterocycles. The predicted octanol–water partition coefficient (Wildman–Crippen LogP) is 3.59. The molecule has 1 heterocycles. The topological polar surface area (TPSA) is 49.8 Å². The fourth-order valence-electron chi connectivity index (χ4n) is 5.86. The molecule has 3 fully saturated rings. The maximum Gasteiger partial charge on any atom is 0.343 e. The number of esters is 1. The lowest BCUT2D eigenvalue weighted by Gasteiger charge is -2.39. The molecule has 2 aliphatic carbocycles. The Labute approximate surface area is 162 Å². The average Bonchev–Trinajstić information content (AvgIpc) is 2.95. The van der Waals surface area contributed by atoms with Crippen LogP contribution in [-0.2, 0) is 15.1 Å². The van der Waals surface area contributed by atoms with Gasteiger partial charge < -0.3 is 14.7 Å². The molecule has 2 saturated carbocycles. The molecule has 3 unspecified atom stereocenters. The minimum Gasteiger partial charge on any atom is -0.463 e. The van der Waals surface area contributed by atoms with Crippen molar-refractivity contribution in [2.45, 2.75) is 50.5 Å². The molecule has 4 heteroatoms. The zero-order chi connectivity index (χ0) is 18.9. The number of carbonyl (C=O) groups is 1. The third kappa shape index (κ3) is 3.66. The van der Waals surface area contributed by atoms with Crippen LogP contribution in [-0.4, -0.2) is 42.7 Å². The highest BCUT2D eigenvalue weighted by Gasteiger charge is 2.48. The third-order valence-electron chi connectivity index (χ3n) is 7.34. The Kier molecular flexibility index (Phi) is 5.56. The van der Waals surface area contributed by atoms with Crippen LogP contribution in [0.1, 0.15) is 50.5 Å². The maximum absolute atomic E-state index is 13.2. The Morgan fingerprint density at radius 1 is 1.07 bits per heavy atom. The molecule has 27 heavy (non-hydrogen) atoms. The number of ether oxygens (including phenoxy) is 1. The van der Waals surface area contributed by atoms with Crippen LogP contribution in [0.15, 0.2) is 30.3 Å². The molecule has 1 aliphatic heterocycles. The standard InChI is InChI=1S/C23H33NO3/c1-24-14-17-12-13-18(15-24)21(17)16-27-22(25)23(26,19-8-4-2-5-9-19)20-10-6-3-7-11-20/h2,4-5,8-9,17-18,20-21,26H,3,6-7,10-16H2,1H3. The number of fused-ring (bicyclic) bond motifs is 2. The van der Waals surface area contributed by atoms with Gasteiger partial charge in [0.2, 0.25) is 0 Å². The second-order valence-electron chi connectivity index (χ2n) is 9.05. The van der Waals surface area contributed by atoms with E-state index in [1.165, 1.54) is 19.3 Å². The summed E-state index contributed by atoms with van der Waals surface area (Å²) >= 11 is 0. The summed E-state index contributed by atoms with van der Waals surface area (Å²) in [5.41, 5.74) is -0.820.